The highest BCUT2D eigenvalue weighted by Gasteiger charge is 2.20. The molecule has 6 nitrogen and oxygen atoms in total. The second kappa shape index (κ2) is 9.83. The summed E-state index contributed by atoms with van der Waals surface area (Å²) in [6.45, 7) is 13.1. The summed E-state index contributed by atoms with van der Waals surface area (Å²) in [5.74, 6) is 1.62. The summed E-state index contributed by atoms with van der Waals surface area (Å²) in [4.78, 5) is 25.9. The van der Waals surface area contributed by atoms with Gasteiger partial charge >= 0.3 is 0 Å². The van der Waals surface area contributed by atoms with Crippen molar-refractivity contribution in [3.63, 3.8) is 0 Å². The molecule has 0 unspecified atom stereocenters. The number of nitrogens with zero attached hydrogens (tertiary/aromatic N) is 4. The summed E-state index contributed by atoms with van der Waals surface area (Å²) < 4.78 is 0. The van der Waals surface area contributed by atoms with Crippen molar-refractivity contribution < 1.29 is 4.79 Å². The zero-order valence-electron chi connectivity index (χ0n) is 18.1. The molecule has 1 aromatic heterocycles. The number of aromatic nitrogens is 2. The molecule has 6 heteroatoms. The molecule has 0 saturated carbocycles. The average Bonchev–Trinajstić information content (AvgIpc) is 2.73. The van der Waals surface area contributed by atoms with Crippen molar-refractivity contribution in [1.29, 1.82) is 0 Å². The zero-order valence-corrected chi connectivity index (χ0v) is 18.1. The highest BCUT2D eigenvalue weighted by atomic mass is 16.1. The molecule has 2 aromatic rings. The van der Waals surface area contributed by atoms with Crippen LogP contribution >= 0.6 is 0 Å². The Kier molecular flexibility index (Phi) is 7.20. The van der Waals surface area contributed by atoms with Crippen LogP contribution in [0.25, 0.3) is 0 Å². The lowest BCUT2D eigenvalue weighted by molar-refractivity contribution is -0.116. The lowest BCUT2D eigenvalue weighted by Crippen LogP contribution is -2.47. The molecular formula is C23H33N5O. The summed E-state index contributed by atoms with van der Waals surface area (Å²) in [6.07, 6.45) is 4.06. The quantitative estimate of drug-likeness (QED) is 0.771. The average molecular weight is 396 g/mol. The highest BCUT2D eigenvalue weighted by Crippen LogP contribution is 2.32. The van der Waals surface area contributed by atoms with Crippen molar-refractivity contribution in [3.05, 3.63) is 47.8 Å². The van der Waals surface area contributed by atoms with Crippen LogP contribution in [0, 0.1) is 0 Å². The normalized spacial score (nSPS) is 15.2. The molecule has 1 aliphatic heterocycles. The van der Waals surface area contributed by atoms with Gasteiger partial charge in [-0.3, -0.25) is 9.69 Å². The standard InChI is InChI=1S/C23H33N5O/c1-17(2)19-7-5-8-20(18(3)4)22(19)26-21(29)9-12-27-13-15-28(16-14-27)23-24-10-6-11-25-23/h5-8,10-11,17-18H,9,12-16H2,1-4H3,(H,26,29). The molecule has 0 bridgehead atoms. The Bertz CT molecular complexity index is 772. The van der Waals surface area contributed by atoms with E-state index in [2.05, 4.69) is 71.0 Å². The van der Waals surface area contributed by atoms with Crippen molar-refractivity contribution in [3.8, 4) is 0 Å². The van der Waals surface area contributed by atoms with Gasteiger partial charge in [0.25, 0.3) is 0 Å². The van der Waals surface area contributed by atoms with E-state index in [1.165, 1.54) is 11.1 Å². The first-order valence-electron chi connectivity index (χ1n) is 10.6. The van der Waals surface area contributed by atoms with Gasteiger partial charge in [0.2, 0.25) is 11.9 Å². The molecule has 1 aromatic carbocycles. The van der Waals surface area contributed by atoms with Gasteiger partial charge < -0.3 is 10.2 Å². The smallest absolute Gasteiger partial charge is 0.225 e. The summed E-state index contributed by atoms with van der Waals surface area (Å²) in [6, 6.07) is 8.17. The topological polar surface area (TPSA) is 61.4 Å². The molecule has 1 amide bonds. The molecule has 1 fully saturated rings. The largest absolute Gasteiger partial charge is 0.338 e. The number of para-hydroxylation sites is 1. The Hall–Kier alpha value is -2.47. The summed E-state index contributed by atoms with van der Waals surface area (Å²) >= 11 is 0. The first-order chi connectivity index (χ1) is 14.0. The monoisotopic (exact) mass is 395 g/mol. The maximum Gasteiger partial charge on any atom is 0.225 e. The molecule has 156 valence electrons. The van der Waals surface area contributed by atoms with E-state index in [0.29, 0.717) is 18.3 Å². The van der Waals surface area contributed by atoms with Crippen molar-refractivity contribution in [2.24, 2.45) is 0 Å². The van der Waals surface area contributed by atoms with Gasteiger partial charge in [-0.05, 0) is 29.0 Å². The molecule has 1 aliphatic rings. The van der Waals surface area contributed by atoms with Crippen LogP contribution in [0.5, 0.6) is 0 Å². The third-order valence-corrected chi connectivity index (χ3v) is 5.50. The Morgan fingerprint density at radius 3 is 2.10 bits per heavy atom. The molecule has 0 spiro atoms. The first-order valence-corrected chi connectivity index (χ1v) is 10.6. The molecule has 2 heterocycles. The fourth-order valence-electron chi connectivity index (χ4n) is 3.78. The number of anilines is 2. The van der Waals surface area contributed by atoms with Gasteiger partial charge in [-0.2, -0.15) is 0 Å². The van der Waals surface area contributed by atoms with Gasteiger partial charge in [0, 0.05) is 57.2 Å². The number of hydrogen-bond acceptors (Lipinski definition) is 5. The predicted molar refractivity (Wildman–Crippen MR) is 119 cm³/mol. The van der Waals surface area contributed by atoms with Crippen molar-refractivity contribution in [2.45, 2.75) is 46.0 Å². The lowest BCUT2D eigenvalue weighted by Gasteiger charge is -2.34. The SMILES string of the molecule is CC(C)c1cccc(C(C)C)c1NC(=O)CCN1CCN(c2ncccn2)CC1. The van der Waals surface area contributed by atoms with Crippen LogP contribution in [-0.4, -0.2) is 53.5 Å². The maximum absolute atomic E-state index is 12.7. The fraction of sp³-hybridized carbons (Fsp3) is 0.522. The molecule has 0 aliphatic carbocycles. The molecular weight excluding hydrogens is 362 g/mol. The minimum absolute atomic E-state index is 0.0915. The number of benzene rings is 1. The van der Waals surface area contributed by atoms with Crippen LogP contribution < -0.4 is 10.2 Å². The summed E-state index contributed by atoms with van der Waals surface area (Å²) in [7, 11) is 0. The van der Waals surface area contributed by atoms with Crippen LogP contribution in [0.15, 0.2) is 36.7 Å². The van der Waals surface area contributed by atoms with Gasteiger partial charge in [0.05, 0.1) is 0 Å². The van der Waals surface area contributed by atoms with Gasteiger partial charge in [-0.15, -0.1) is 0 Å². The van der Waals surface area contributed by atoms with Crippen LogP contribution in [-0.2, 0) is 4.79 Å². The van der Waals surface area contributed by atoms with Crippen LogP contribution in [0.1, 0.15) is 57.1 Å². The molecule has 3 rings (SSSR count). The lowest BCUT2D eigenvalue weighted by atomic mass is 9.92. The molecule has 1 N–H and O–H groups in total. The summed E-state index contributed by atoms with van der Waals surface area (Å²) in [5.41, 5.74) is 3.43. The minimum atomic E-state index is 0.0915. The predicted octanol–water partition coefficient (Wildman–Crippen LogP) is 3.87. The third kappa shape index (κ3) is 5.54. The minimum Gasteiger partial charge on any atom is -0.338 e. The Labute approximate surface area is 174 Å². The Morgan fingerprint density at radius 2 is 1.55 bits per heavy atom. The van der Waals surface area contributed by atoms with Gasteiger partial charge in [0.15, 0.2) is 0 Å². The van der Waals surface area contributed by atoms with E-state index in [4.69, 9.17) is 0 Å². The van der Waals surface area contributed by atoms with E-state index >= 15 is 0 Å². The number of carbonyl (C=O) groups excluding carboxylic acids is 1. The Morgan fingerprint density at radius 1 is 0.966 bits per heavy atom. The summed E-state index contributed by atoms with van der Waals surface area (Å²) in [5, 5.41) is 3.22. The van der Waals surface area contributed by atoms with Crippen LogP contribution in [0.2, 0.25) is 0 Å². The number of piperazine rings is 1. The number of hydrogen-bond donors (Lipinski definition) is 1. The van der Waals surface area contributed by atoms with E-state index in [0.717, 1.165) is 44.4 Å². The Balaban J connectivity index is 1.54. The van der Waals surface area contributed by atoms with E-state index in [1.807, 2.05) is 6.07 Å². The van der Waals surface area contributed by atoms with E-state index < -0.39 is 0 Å². The second-order valence-corrected chi connectivity index (χ2v) is 8.30. The van der Waals surface area contributed by atoms with Crippen molar-refractivity contribution in [2.75, 3.05) is 42.9 Å². The maximum atomic E-state index is 12.7. The van der Waals surface area contributed by atoms with E-state index in [-0.39, 0.29) is 5.91 Å². The number of carbonyl (C=O) groups is 1. The van der Waals surface area contributed by atoms with Gasteiger partial charge in [-0.25, -0.2) is 9.97 Å². The van der Waals surface area contributed by atoms with E-state index in [9.17, 15) is 4.79 Å². The van der Waals surface area contributed by atoms with Gasteiger partial charge in [0.1, 0.15) is 0 Å². The van der Waals surface area contributed by atoms with Crippen LogP contribution in [0.3, 0.4) is 0 Å². The molecule has 29 heavy (non-hydrogen) atoms. The van der Waals surface area contributed by atoms with E-state index in [1.54, 1.807) is 12.4 Å². The third-order valence-electron chi connectivity index (χ3n) is 5.50. The number of rotatable bonds is 7. The second-order valence-electron chi connectivity index (χ2n) is 8.30. The molecule has 1 saturated heterocycles. The zero-order chi connectivity index (χ0) is 20.8. The van der Waals surface area contributed by atoms with Crippen molar-refractivity contribution in [1.82, 2.24) is 14.9 Å². The highest BCUT2D eigenvalue weighted by molar-refractivity contribution is 5.92. The fourth-order valence-corrected chi connectivity index (χ4v) is 3.78. The number of amides is 1. The molecule has 0 radical (unpaired) electrons. The van der Waals surface area contributed by atoms with Crippen molar-refractivity contribution >= 4 is 17.5 Å². The van der Waals surface area contributed by atoms with Crippen LogP contribution in [0.4, 0.5) is 11.6 Å². The number of nitrogens with one attached hydrogen (secondary N) is 1. The molecule has 0 atom stereocenters. The van der Waals surface area contributed by atoms with Gasteiger partial charge in [-0.1, -0.05) is 45.9 Å². The first kappa shape index (κ1) is 21.2.